The number of aromatic nitrogens is 1. The Hall–Kier alpha value is -1.46. The van der Waals surface area contributed by atoms with Crippen LogP contribution in [0.1, 0.15) is 64.4 Å². The van der Waals surface area contributed by atoms with Crippen molar-refractivity contribution >= 4 is 20.4 Å². The summed E-state index contributed by atoms with van der Waals surface area (Å²) in [5, 5.41) is 9.71. The highest BCUT2D eigenvalue weighted by Gasteiger charge is 2.31. The minimum absolute atomic E-state index is 0.329. The van der Waals surface area contributed by atoms with E-state index in [1.807, 2.05) is 18.3 Å². The van der Waals surface area contributed by atoms with Gasteiger partial charge in [0.2, 0.25) is 0 Å². The van der Waals surface area contributed by atoms with E-state index in [9.17, 15) is 9.90 Å². The van der Waals surface area contributed by atoms with Crippen molar-refractivity contribution in [2.45, 2.75) is 84.0 Å². The molecule has 1 heterocycles. The van der Waals surface area contributed by atoms with Crippen molar-refractivity contribution in [2.24, 2.45) is 5.92 Å². The highest BCUT2D eigenvalue weighted by atomic mass is 28.4. The Labute approximate surface area is 166 Å². The molecular formula is C22H37NO3Si. The van der Waals surface area contributed by atoms with Crippen LogP contribution in [0.5, 0.6) is 0 Å². The summed E-state index contributed by atoms with van der Waals surface area (Å²) in [6.45, 7) is 8.62. The van der Waals surface area contributed by atoms with E-state index < -0.39 is 20.4 Å². The van der Waals surface area contributed by atoms with Gasteiger partial charge in [0, 0.05) is 12.4 Å². The van der Waals surface area contributed by atoms with Gasteiger partial charge >= 0.3 is 5.97 Å². The summed E-state index contributed by atoms with van der Waals surface area (Å²) in [5.41, 5.74) is 1.07. The summed E-state index contributed by atoms with van der Waals surface area (Å²) in [4.78, 5) is 16.0. The molecule has 0 spiro atoms. The Morgan fingerprint density at radius 2 is 2.04 bits per heavy atom. The van der Waals surface area contributed by atoms with Crippen molar-refractivity contribution < 1.29 is 14.3 Å². The van der Waals surface area contributed by atoms with Crippen LogP contribution < -0.4 is 0 Å². The van der Waals surface area contributed by atoms with Crippen molar-refractivity contribution in [1.29, 1.82) is 0 Å². The largest absolute Gasteiger partial charge is 0.479 e. The number of carboxylic acids is 1. The Kier molecular flexibility index (Phi) is 11.2. The van der Waals surface area contributed by atoms with Gasteiger partial charge in [-0.1, -0.05) is 64.2 Å². The number of allylic oxidation sites excluding steroid dienone is 1. The van der Waals surface area contributed by atoms with Crippen molar-refractivity contribution in [3.63, 3.8) is 0 Å². The number of carboxylic acid groups (broad SMARTS) is 1. The quantitative estimate of drug-likeness (QED) is 0.386. The minimum Gasteiger partial charge on any atom is -0.479 e. The molecule has 1 aromatic rings. The SMILES string of the molecule is CCCCC(C/C=C/c1cccnc1)CC(O[Si](C)(C)CCCC)C(=O)O. The van der Waals surface area contributed by atoms with Crippen LogP contribution in [-0.4, -0.2) is 30.5 Å². The van der Waals surface area contributed by atoms with Gasteiger partial charge in [-0.3, -0.25) is 4.98 Å². The van der Waals surface area contributed by atoms with E-state index >= 15 is 0 Å². The predicted octanol–water partition coefficient (Wildman–Crippen LogP) is 6.16. The number of nitrogens with zero attached hydrogens (tertiary/aromatic N) is 1. The van der Waals surface area contributed by atoms with Gasteiger partial charge in [0.1, 0.15) is 6.10 Å². The normalized spacial score (nSPS) is 14.4. The van der Waals surface area contributed by atoms with Gasteiger partial charge in [0.15, 0.2) is 8.32 Å². The van der Waals surface area contributed by atoms with Gasteiger partial charge in [-0.25, -0.2) is 4.79 Å². The Morgan fingerprint density at radius 3 is 2.63 bits per heavy atom. The second-order valence-electron chi connectivity index (χ2n) is 7.98. The number of hydrogen-bond donors (Lipinski definition) is 1. The number of unbranched alkanes of at least 4 members (excludes halogenated alkanes) is 2. The molecule has 4 nitrogen and oxygen atoms in total. The smallest absolute Gasteiger partial charge is 0.331 e. The lowest BCUT2D eigenvalue weighted by atomic mass is 9.92. The maximum Gasteiger partial charge on any atom is 0.331 e. The summed E-state index contributed by atoms with van der Waals surface area (Å²) in [7, 11) is -1.94. The number of rotatable bonds is 14. The molecule has 0 aliphatic heterocycles. The third-order valence-corrected chi connectivity index (χ3v) is 7.33. The summed E-state index contributed by atoms with van der Waals surface area (Å²) in [6, 6.07) is 4.97. The number of carbonyl (C=O) groups is 1. The lowest BCUT2D eigenvalue weighted by Crippen LogP contribution is -2.40. The molecule has 0 bridgehead atoms. The van der Waals surface area contributed by atoms with Crippen molar-refractivity contribution in [2.75, 3.05) is 0 Å². The second kappa shape index (κ2) is 12.8. The molecule has 0 aliphatic rings. The predicted molar refractivity (Wildman–Crippen MR) is 115 cm³/mol. The molecule has 152 valence electrons. The van der Waals surface area contributed by atoms with Gasteiger partial charge in [-0.05, 0) is 49.5 Å². The van der Waals surface area contributed by atoms with Gasteiger partial charge in [0.05, 0.1) is 0 Å². The highest BCUT2D eigenvalue weighted by Crippen LogP contribution is 2.25. The molecule has 0 aliphatic carbocycles. The van der Waals surface area contributed by atoms with Crippen molar-refractivity contribution in [1.82, 2.24) is 4.98 Å². The zero-order chi connectivity index (χ0) is 20.1. The van der Waals surface area contributed by atoms with Crippen LogP contribution in [0.3, 0.4) is 0 Å². The Bertz CT molecular complexity index is 560. The Morgan fingerprint density at radius 1 is 1.30 bits per heavy atom. The Balaban J connectivity index is 2.71. The monoisotopic (exact) mass is 391 g/mol. The first-order valence-corrected chi connectivity index (χ1v) is 13.5. The van der Waals surface area contributed by atoms with Gasteiger partial charge < -0.3 is 9.53 Å². The van der Waals surface area contributed by atoms with Crippen LogP contribution in [-0.2, 0) is 9.22 Å². The fourth-order valence-corrected chi connectivity index (χ4v) is 5.53. The van der Waals surface area contributed by atoms with Crippen LogP contribution in [0.4, 0.5) is 0 Å². The van der Waals surface area contributed by atoms with E-state index in [4.69, 9.17) is 4.43 Å². The molecule has 0 saturated carbocycles. The van der Waals surface area contributed by atoms with E-state index in [-0.39, 0.29) is 0 Å². The lowest BCUT2D eigenvalue weighted by molar-refractivity contribution is -0.146. The van der Waals surface area contributed by atoms with E-state index in [0.29, 0.717) is 12.3 Å². The van der Waals surface area contributed by atoms with E-state index in [2.05, 4.69) is 44.1 Å². The number of pyridine rings is 1. The van der Waals surface area contributed by atoms with Crippen LogP contribution >= 0.6 is 0 Å². The fourth-order valence-electron chi connectivity index (χ4n) is 3.24. The maximum absolute atomic E-state index is 11.8. The first-order chi connectivity index (χ1) is 12.9. The van der Waals surface area contributed by atoms with Crippen LogP contribution in [0.15, 0.2) is 30.6 Å². The van der Waals surface area contributed by atoms with Crippen molar-refractivity contribution in [3.05, 3.63) is 36.2 Å². The molecule has 27 heavy (non-hydrogen) atoms. The van der Waals surface area contributed by atoms with E-state index in [1.165, 1.54) is 0 Å². The van der Waals surface area contributed by atoms with E-state index in [1.54, 1.807) is 6.20 Å². The molecule has 5 heteroatoms. The third-order valence-electron chi connectivity index (χ3n) is 4.85. The molecule has 2 unspecified atom stereocenters. The molecule has 2 atom stereocenters. The average molecular weight is 392 g/mol. The van der Waals surface area contributed by atoms with Crippen LogP contribution in [0.25, 0.3) is 6.08 Å². The van der Waals surface area contributed by atoms with E-state index in [0.717, 1.165) is 50.1 Å². The zero-order valence-corrected chi connectivity index (χ0v) is 18.5. The van der Waals surface area contributed by atoms with Gasteiger partial charge in [0.25, 0.3) is 0 Å². The summed E-state index contributed by atoms with van der Waals surface area (Å²) in [6.07, 6.45) is 14.1. The summed E-state index contributed by atoms with van der Waals surface area (Å²) >= 11 is 0. The van der Waals surface area contributed by atoms with Gasteiger partial charge in [-0.2, -0.15) is 0 Å². The fraction of sp³-hybridized carbons (Fsp3) is 0.636. The maximum atomic E-state index is 11.8. The first-order valence-electron chi connectivity index (χ1n) is 10.3. The topological polar surface area (TPSA) is 59.4 Å². The molecule has 0 fully saturated rings. The molecule has 0 amide bonds. The lowest BCUT2D eigenvalue weighted by Gasteiger charge is -2.29. The molecule has 0 saturated heterocycles. The first kappa shape index (κ1) is 23.6. The molecule has 1 N–H and O–H groups in total. The summed E-state index contributed by atoms with van der Waals surface area (Å²) in [5.74, 6) is -0.486. The number of aliphatic carboxylic acids is 1. The molecule has 0 aromatic carbocycles. The third kappa shape index (κ3) is 10.4. The second-order valence-corrected chi connectivity index (χ2v) is 12.2. The average Bonchev–Trinajstić information content (AvgIpc) is 2.64. The number of hydrogen-bond acceptors (Lipinski definition) is 3. The molecule has 0 radical (unpaired) electrons. The highest BCUT2D eigenvalue weighted by molar-refractivity contribution is 6.71. The van der Waals surface area contributed by atoms with Gasteiger partial charge in [-0.15, -0.1) is 0 Å². The zero-order valence-electron chi connectivity index (χ0n) is 17.5. The molecular weight excluding hydrogens is 354 g/mol. The van der Waals surface area contributed by atoms with Crippen LogP contribution in [0.2, 0.25) is 19.1 Å². The standard InChI is InChI=1S/C22H37NO3Si/c1-5-7-11-19(12-9-13-20-14-10-15-23-18-20)17-21(22(24)25)26-27(3,4)16-8-6-2/h9-10,13-15,18-19,21H,5-8,11-12,16-17H2,1-4H3,(H,24,25)/b13-9+. The van der Waals surface area contributed by atoms with Crippen LogP contribution in [0, 0.1) is 5.92 Å². The summed E-state index contributed by atoms with van der Waals surface area (Å²) < 4.78 is 6.18. The molecule has 1 aromatic heterocycles. The molecule has 1 rings (SSSR count). The van der Waals surface area contributed by atoms with Crippen molar-refractivity contribution in [3.8, 4) is 0 Å². The minimum atomic E-state index is -1.94.